The largest absolute Gasteiger partial charge is 0.329 e. The van der Waals surface area contributed by atoms with Crippen molar-refractivity contribution in [2.45, 2.75) is 45.1 Å². The van der Waals surface area contributed by atoms with Gasteiger partial charge in [-0.3, -0.25) is 4.57 Å². The summed E-state index contributed by atoms with van der Waals surface area (Å²) in [5.74, 6) is 0.681. The van der Waals surface area contributed by atoms with E-state index in [4.69, 9.17) is 12.2 Å². The van der Waals surface area contributed by atoms with E-state index in [1.54, 1.807) is 0 Å². The number of hydrogen-bond donors (Lipinski definition) is 1. The van der Waals surface area contributed by atoms with Crippen LogP contribution in [0.4, 0.5) is 0 Å². The van der Waals surface area contributed by atoms with Crippen LogP contribution in [0.25, 0.3) is 11.2 Å². The number of pyridine rings is 1. The van der Waals surface area contributed by atoms with Crippen LogP contribution in [-0.2, 0) is 0 Å². The highest BCUT2D eigenvalue weighted by Crippen LogP contribution is 2.34. The number of hydrogen-bond acceptors (Lipinski definition) is 2. The van der Waals surface area contributed by atoms with Gasteiger partial charge in [-0.15, -0.1) is 0 Å². The predicted molar refractivity (Wildman–Crippen MR) is 76.2 cm³/mol. The van der Waals surface area contributed by atoms with Crippen LogP contribution in [0.5, 0.6) is 0 Å². The molecule has 18 heavy (non-hydrogen) atoms. The fraction of sp³-hybridized carbons (Fsp3) is 0.571. The van der Waals surface area contributed by atoms with Crippen molar-refractivity contribution in [2.24, 2.45) is 5.92 Å². The zero-order valence-electron chi connectivity index (χ0n) is 10.7. The van der Waals surface area contributed by atoms with Gasteiger partial charge < -0.3 is 4.98 Å². The van der Waals surface area contributed by atoms with Crippen LogP contribution in [0.1, 0.15) is 45.1 Å². The second kappa shape index (κ2) is 4.84. The molecule has 2 unspecified atom stereocenters. The van der Waals surface area contributed by atoms with E-state index in [1.165, 1.54) is 32.1 Å². The molecular weight excluding hydrogens is 242 g/mol. The summed E-state index contributed by atoms with van der Waals surface area (Å²) in [6.45, 7) is 2.35. The van der Waals surface area contributed by atoms with Crippen LogP contribution in [-0.4, -0.2) is 14.5 Å². The van der Waals surface area contributed by atoms with Crippen LogP contribution in [0.15, 0.2) is 18.3 Å². The van der Waals surface area contributed by atoms with Crippen LogP contribution in [0, 0.1) is 10.7 Å². The molecule has 0 aliphatic heterocycles. The van der Waals surface area contributed by atoms with Crippen molar-refractivity contribution in [1.82, 2.24) is 14.5 Å². The van der Waals surface area contributed by atoms with Crippen molar-refractivity contribution >= 4 is 23.4 Å². The highest BCUT2D eigenvalue weighted by molar-refractivity contribution is 7.71. The van der Waals surface area contributed by atoms with Gasteiger partial charge in [0.15, 0.2) is 10.4 Å². The van der Waals surface area contributed by atoms with Gasteiger partial charge in [0.2, 0.25) is 0 Å². The summed E-state index contributed by atoms with van der Waals surface area (Å²) < 4.78 is 3.07. The van der Waals surface area contributed by atoms with E-state index in [1.807, 2.05) is 12.3 Å². The highest BCUT2D eigenvalue weighted by atomic mass is 32.1. The number of fused-ring (bicyclic) bond motifs is 1. The molecule has 2 aromatic heterocycles. The van der Waals surface area contributed by atoms with Gasteiger partial charge in [-0.05, 0) is 43.1 Å². The van der Waals surface area contributed by atoms with Gasteiger partial charge in [-0.1, -0.05) is 26.2 Å². The SMILES string of the molecule is CC1CCCCCC1n1c(=S)[nH]c2cccnc21. The monoisotopic (exact) mass is 261 g/mol. The van der Waals surface area contributed by atoms with Gasteiger partial charge in [-0.25, -0.2) is 4.98 Å². The fourth-order valence-corrected chi connectivity index (χ4v) is 3.45. The Labute approximate surface area is 112 Å². The van der Waals surface area contributed by atoms with Crippen LogP contribution in [0.2, 0.25) is 0 Å². The van der Waals surface area contributed by atoms with Crippen molar-refractivity contribution in [3.8, 4) is 0 Å². The Morgan fingerprint density at radius 1 is 1.33 bits per heavy atom. The Balaban J connectivity index is 2.12. The van der Waals surface area contributed by atoms with Gasteiger partial charge >= 0.3 is 0 Å². The molecule has 0 bridgehead atoms. The van der Waals surface area contributed by atoms with Crippen molar-refractivity contribution in [3.63, 3.8) is 0 Å². The first-order valence-corrected chi connectivity index (χ1v) is 7.23. The van der Waals surface area contributed by atoms with Crippen LogP contribution in [0.3, 0.4) is 0 Å². The van der Waals surface area contributed by atoms with Gasteiger partial charge in [0.1, 0.15) is 0 Å². The summed E-state index contributed by atoms with van der Waals surface area (Å²) in [4.78, 5) is 7.79. The Hall–Kier alpha value is -1.16. The van der Waals surface area contributed by atoms with E-state index in [-0.39, 0.29) is 0 Å². The Morgan fingerprint density at radius 2 is 2.17 bits per heavy atom. The van der Waals surface area contributed by atoms with Gasteiger partial charge in [0.05, 0.1) is 5.52 Å². The average molecular weight is 261 g/mol. The Kier molecular flexibility index (Phi) is 3.20. The summed E-state index contributed by atoms with van der Waals surface area (Å²) in [5.41, 5.74) is 2.07. The lowest BCUT2D eigenvalue weighted by molar-refractivity contribution is 0.336. The first-order chi connectivity index (χ1) is 8.77. The summed E-state index contributed by atoms with van der Waals surface area (Å²) >= 11 is 5.50. The minimum Gasteiger partial charge on any atom is -0.329 e. The van der Waals surface area contributed by atoms with Gasteiger partial charge in [0.25, 0.3) is 0 Å². The maximum Gasteiger partial charge on any atom is 0.179 e. The van der Waals surface area contributed by atoms with Crippen molar-refractivity contribution in [2.75, 3.05) is 0 Å². The molecule has 0 aromatic carbocycles. The standard InChI is InChI=1S/C14H19N3S/c1-10-6-3-2-4-8-12(10)17-13-11(16-14(17)18)7-5-9-15-13/h5,7,9-10,12H,2-4,6,8H2,1H3,(H,16,18). The molecule has 4 heteroatoms. The molecule has 0 spiro atoms. The molecule has 1 aliphatic rings. The Morgan fingerprint density at radius 3 is 3.06 bits per heavy atom. The number of imidazole rings is 1. The average Bonchev–Trinajstić information content (AvgIpc) is 2.55. The molecule has 2 aromatic rings. The molecule has 0 saturated heterocycles. The topological polar surface area (TPSA) is 33.6 Å². The quantitative estimate of drug-likeness (QED) is 0.615. The molecule has 0 radical (unpaired) electrons. The van der Waals surface area contributed by atoms with Gasteiger partial charge in [-0.2, -0.15) is 0 Å². The number of aromatic nitrogens is 3. The molecular formula is C14H19N3S. The first kappa shape index (κ1) is 11.9. The zero-order valence-corrected chi connectivity index (χ0v) is 11.5. The summed E-state index contributed by atoms with van der Waals surface area (Å²) in [6.07, 6.45) is 8.37. The molecule has 96 valence electrons. The van der Waals surface area contributed by atoms with E-state index >= 15 is 0 Å². The summed E-state index contributed by atoms with van der Waals surface area (Å²) in [5, 5.41) is 0. The lowest BCUT2D eigenvalue weighted by Crippen LogP contribution is -2.16. The molecule has 1 N–H and O–H groups in total. The first-order valence-electron chi connectivity index (χ1n) is 6.82. The van der Waals surface area contributed by atoms with Crippen LogP contribution >= 0.6 is 12.2 Å². The molecule has 1 saturated carbocycles. The third kappa shape index (κ3) is 1.99. The zero-order chi connectivity index (χ0) is 12.5. The minimum absolute atomic E-state index is 0.503. The number of rotatable bonds is 1. The Bertz CT molecular complexity index is 598. The molecule has 3 nitrogen and oxygen atoms in total. The number of aromatic amines is 1. The smallest absolute Gasteiger partial charge is 0.179 e. The van der Waals surface area contributed by atoms with Crippen molar-refractivity contribution in [1.29, 1.82) is 0 Å². The third-order valence-electron chi connectivity index (χ3n) is 4.12. The maximum absolute atomic E-state index is 5.50. The minimum atomic E-state index is 0.503. The third-order valence-corrected chi connectivity index (χ3v) is 4.42. The van der Waals surface area contributed by atoms with E-state index in [0.29, 0.717) is 12.0 Å². The normalized spacial score (nSPS) is 25.2. The molecule has 3 rings (SSSR count). The summed E-state index contributed by atoms with van der Waals surface area (Å²) in [6, 6.07) is 4.51. The van der Waals surface area contributed by atoms with Crippen molar-refractivity contribution < 1.29 is 0 Å². The summed E-state index contributed by atoms with van der Waals surface area (Å²) in [7, 11) is 0. The van der Waals surface area contributed by atoms with E-state index in [2.05, 4.69) is 27.5 Å². The lowest BCUT2D eigenvalue weighted by Gasteiger charge is -2.23. The molecule has 1 fully saturated rings. The van der Waals surface area contributed by atoms with Gasteiger partial charge in [0, 0.05) is 12.2 Å². The molecule has 1 aliphatic carbocycles. The van der Waals surface area contributed by atoms with E-state index < -0.39 is 0 Å². The number of nitrogens with one attached hydrogen (secondary N) is 1. The van der Waals surface area contributed by atoms with Crippen molar-refractivity contribution in [3.05, 3.63) is 23.1 Å². The fourth-order valence-electron chi connectivity index (χ4n) is 3.12. The molecule has 2 atom stereocenters. The second-order valence-corrected chi connectivity index (χ2v) is 5.74. The molecule has 2 heterocycles. The number of nitrogens with zero attached hydrogens (tertiary/aromatic N) is 2. The van der Waals surface area contributed by atoms with Crippen LogP contribution < -0.4 is 0 Å². The second-order valence-electron chi connectivity index (χ2n) is 5.36. The maximum atomic E-state index is 5.50. The highest BCUT2D eigenvalue weighted by Gasteiger charge is 2.24. The predicted octanol–water partition coefficient (Wildman–Crippen LogP) is 4.24. The number of H-pyrrole nitrogens is 1. The lowest BCUT2D eigenvalue weighted by atomic mass is 9.97. The molecule has 0 amide bonds. The van der Waals surface area contributed by atoms with E-state index in [0.717, 1.165) is 15.9 Å². The van der Waals surface area contributed by atoms with E-state index in [9.17, 15) is 0 Å².